The number of hydrogen-bond donors (Lipinski definition) is 1. The first-order valence-corrected chi connectivity index (χ1v) is 7.29. The standard InChI is InChI=1S/C15H30N2O2/c1-14(2,13(18)19)8-7-11-17(5)12-15(16(3)4)9-6-10-15/h6-12H2,1-5H3,(H,18,19). The van der Waals surface area contributed by atoms with Crippen LogP contribution in [0.3, 0.4) is 0 Å². The van der Waals surface area contributed by atoms with Crippen LogP contribution < -0.4 is 0 Å². The average Bonchev–Trinajstić information content (AvgIpc) is 2.22. The summed E-state index contributed by atoms with van der Waals surface area (Å²) in [6, 6.07) is 0. The van der Waals surface area contributed by atoms with Gasteiger partial charge in [-0.25, -0.2) is 0 Å². The van der Waals surface area contributed by atoms with E-state index in [0.717, 1.165) is 25.9 Å². The van der Waals surface area contributed by atoms with Gasteiger partial charge in [0.15, 0.2) is 0 Å². The number of carbonyl (C=O) groups is 1. The molecule has 4 nitrogen and oxygen atoms in total. The molecule has 0 spiro atoms. The maximum atomic E-state index is 11.1. The Bertz CT molecular complexity index is 309. The van der Waals surface area contributed by atoms with E-state index in [1.165, 1.54) is 19.3 Å². The zero-order chi connectivity index (χ0) is 14.7. The fraction of sp³-hybridized carbons (Fsp3) is 0.933. The summed E-state index contributed by atoms with van der Waals surface area (Å²) in [5.74, 6) is -0.695. The molecule has 0 amide bonds. The van der Waals surface area contributed by atoms with E-state index in [-0.39, 0.29) is 0 Å². The number of carboxylic acid groups (broad SMARTS) is 1. The van der Waals surface area contributed by atoms with Gasteiger partial charge in [0, 0.05) is 12.1 Å². The summed E-state index contributed by atoms with van der Waals surface area (Å²) >= 11 is 0. The molecule has 4 heteroatoms. The quantitative estimate of drug-likeness (QED) is 0.735. The minimum atomic E-state index is -0.695. The topological polar surface area (TPSA) is 43.8 Å². The molecule has 0 aromatic rings. The Balaban J connectivity index is 2.32. The second kappa shape index (κ2) is 6.23. The van der Waals surface area contributed by atoms with Gasteiger partial charge in [-0.15, -0.1) is 0 Å². The molecular formula is C15H30N2O2. The first kappa shape index (κ1) is 16.4. The van der Waals surface area contributed by atoms with E-state index in [2.05, 4.69) is 30.9 Å². The van der Waals surface area contributed by atoms with E-state index >= 15 is 0 Å². The van der Waals surface area contributed by atoms with E-state index in [1.54, 1.807) is 0 Å². The molecule has 0 aromatic carbocycles. The molecule has 112 valence electrons. The lowest BCUT2D eigenvalue weighted by atomic mass is 9.75. The van der Waals surface area contributed by atoms with Crippen molar-refractivity contribution in [2.45, 2.75) is 51.5 Å². The zero-order valence-electron chi connectivity index (χ0n) is 13.2. The highest BCUT2D eigenvalue weighted by molar-refractivity contribution is 5.73. The Kier molecular flexibility index (Phi) is 5.39. The van der Waals surface area contributed by atoms with Crippen molar-refractivity contribution in [3.63, 3.8) is 0 Å². The van der Waals surface area contributed by atoms with Crippen LogP contribution in [-0.2, 0) is 4.79 Å². The Morgan fingerprint density at radius 1 is 1.26 bits per heavy atom. The van der Waals surface area contributed by atoms with Gasteiger partial charge in [0.2, 0.25) is 0 Å². The highest BCUT2D eigenvalue weighted by atomic mass is 16.4. The van der Waals surface area contributed by atoms with Crippen LogP contribution in [-0.4, -0.2) is 60.6 Å². The molecule has 1 fully saturated rings. The van der Waals surface area contributed by atoms with Crippen LogP contribution >= 0.6 is 0 Å². The summed E-state index contributed by atoms with van der Waals surface area (Å²) < 4.78 is 0. The summed E-state index contributed by atoms with van der Waals surface area (Å²) in [7, 11) is 6.48. The van der Waals surface area contributed by atoms with Gasteiger partial charge < -0.3 is 14.9 Å². The third kappa shape index (κ3) is 4.18. The second-order valence-electron chi connectivity index (χ2n) is 7.00. The molecule has 0 heterocycles. The molecule has 1 rings (SSSR count). The molecule has 0 bridgehead atoms. The van der Waals surface area contributed by atoms with E-state index in [9.17, 15) is 4.79 Å². The third-order valence-electron chi connectivity index (χ3n) is 4.72. The summed E-state index contributed by atoms with van der Waals surface area (Å²) in [6.07, 6.45) is 5.58. The number of aliphatic carboxylic acids is 1. The largest absolute Gasteiger partial charge is 0.481 e. The molecule has 1 saturated carbocycles. The Labute approximate surface area is 117 Å². The molecule has 1 N–H and O–H groups in total. The molecule has 0 unspecified atom stereocenters. The van der Waals surface area contributed by atoms with E-state index in [1.807, 2.05) is 13.8 Å². The maximum Gasteiger partial charge on any atom is 0.309 e. The molecule has 0 saturated heterocycles. The molecular weight excluding hydrogens is 240 g/mol. The smallest absolute Gasteiger partial charge is 0.309 e. The summed E-state index contributed by atoms with van der Waals surface area (Å²) in [4.78, 5) is 15.8. The maximum absolute atomic E-state index is 11.1. The predicted octanol–water partition coefficient (Wildman–Crippen LogP) is 2.29. The van der Waals surface area contributed by atoms with E-state index in [4.69, 9.17) is 5.11 Å². The van der Waals surface area contributed by atoms with Gasteiger partial charge in [-0.1, -0.05) is 0 Å². The molecule has 0 atom stereocenters. The van der Waals surface area contributed by atoms with Gasteiger partial charge in [-0.3, -0.25) is 4.79 Å². The highest BCUT2D eigenvalue weighted by Gasteiger charge is 2.39. The summed E-state index contributed by atoms with van der Waals surface area (Å²) in [5.41, 5.74) is -0.242. The van der Waals surface area contributed by atoms with Crippen LogP contribution in [0.5, 0.6) is 0 Å². The lowest BCUT2D eigenvalue weighted by molar-refractivity contribution is -0.147. The minimum absolute atomic E-state index is 0.358. The number of carboxylic acids is 1. The van der Waals surface area contributed by atoms with Crippen molar-refractivity contribution >= 4 is 5.97 Å². The van der Waals surface area contributed by atoms with Gasteiger partial charge in [0.25, 0.3) is 0 Å². The van der Waals surface area contributed by atoms with Crippen LogP contribution in [0.4, 0.5) is 0 Å². The fourth-order valence-corrected chi connectivity index (χ4v) is 2.81. The lowest BCUT2D eigenvalue weighted by Gasteiger charge is -2.49. The Morgan fingerprint density at radius 2 is 1.84 bits per heavy atom. The molecule has 19 heavy (non-hydrogen) atoms. The number of rotatable bonds is 8. The molecule has 0 aromatic heterocycles. The molecule has 1 aliphatic carbocycles. The van der Waals surface area contributed by atoms with Crippen LogP contribution in [0, 0.1) is 5.41 Å². The van der Waals surface area contributed by atoms with Crippen molar-refractivity contribution in [1.29, 1.82) is 0 Å². The second-order valence-corrected chi connectivity index (χ2v) is 7.00. The number of hydrogen-bond acceptors (Lipinski definition) is 3. The summed E-state index contributed by atoms with van der Waals surface area (Å²) in [6.45, 7) is 5.69. The van der Waals surface area contributed by atoms with Crippen molar-refractivity contribution in [3.8, 4) is 0 Å². The van der Waals surface area contributed by atoms with Gasteiger partial charge in [-0.2, -0.15) is 0 Å². The van der Waals surface area contributed by atoms with Crippen LogP contribution in [0.1, 0.15) is 46.0 Å². The predicted molar refractivity (Wildman–Crippen MR) is 78.4 cm³/mol. The fourth-order valence-electron chi connectivity index (χ4n) is 2.81. The molecule has 1 aliphatic rings. The van der Waals surface area contributed by atoms with E-state index in [0.29, 0.717) is 5.54 Å². The van der Waals surface area contributed by atoms with Crippen molar-refractivity contribution in [2.75, 3.05) is 34.2 Å². The number of likely N-dealkylation sites (N-methyl/N-ethyl adjacent to an activating group) is 2. The van der Waals surface area contributed by atoms with Crippen molar-refractivity contribution in [1.82, 2.24) is 9.80 Å². The normalized spacial score (nSPS) is 18.7. The van der Waals surface area contributed by atoms with Gasteiger partial charge in [0.1, 0.15) is 0 Å². The van der Waals surface area contributed by atoms with Crippen molar-refractivity contribution in [3.05, 3.63) is 0 Å². The van der Waals surface area contributed by atoms with Gasteiger partial charge in [0.05, 0.1) is 5.41 Å². The zero-order valence-corrected chi connectivity index (χ0v) is 13.2. The van der Waals surface area contributed by atoms with Gasteiger partial charge in [-0.05, 0) is 73.6 Å². The number of nitrogens with zero attached hydrogens (tertiary/aromatic N) is 2. The molecule has 0 radical (unpaired) electrons. The highest BCUT2D eigenvalue weighted by Crippen LogP contribution is 2.36. The Morgan fingerprint density at radius 3 is 2.21 bits per heavy atom. The van der Waals surface area contributed by atoms with E-state index < -0.39 is 11.4 Å². The molecule has 0 aliphatic heterocycles. The minimum Gasteiger partial charge on any atom is -0.481 e. The van der Waals surface area contributed by atoms with Crippen molar-refractivity contribution in [2.24, 2.45) is 5.41 Å². The van der Waals surface area contributed by atoms with Crippen molar-refractivity contribution < 1.29 is 9.90 Å². The first-order valence-electron chi connectivity index (χ1n) is 7.29. The van der Waals surface area contributed by atoms with Crippen LogP contribution in [0.2, 0.25) is 0 Å². The summed E-state index contributed by atoms with van der Waals surface area (Å²) in [5, 5.41) is 9.09. The average molecular weight is 270 g/mol. The lowest BCUT2D eigenvalue weighted by Crippen LogP contribution is -2.56. The Hall–Kier alpha value is -0.610. The first-order chi connectivity index (χ1) is 8.69. The van der Waals surface area contributed by atoms with Crippen LogP contribution in [0.25, 0.3) is 0 Å². The van der Waals surface area contributed by atoms with Gasteiger partial charge >= 0.3 is 5.97 Å². The monoisotopic (exact) mass is 270 g/mol. The third-order valence-corrected chi connectivity index (χ3v) is 4.72. The SMILES string of the molecule is CN(CCCC(C)(C)C(=O)O)CC1(N(C)C)CCC1. The van der Waals surface area contributed by atoms with Crippen LogP contribution in [0.15, 0.2) is 0 Å².